The maximum Gasteiger partial charge on any atom is 0.254 e. The molecule has 0 aliphatic rings. The van der Waals surface area contributed by atoms with E-state index in [-0.39, 0.29) is 22.4 Å². The highest BCUT2D eigenvalue weighted by molar-refractivity contribution is 5.43. The van der Waals surface area contributed by atoms with Crippen molar-refractivity contribution in [1.29, 1.82) is 5.26 Å². The molecule has 1 aromatic rings. The average Bonchev–Trinajstić information content (AvgIpc) is 2.01. The summed E-state index contributed by atoms with van der Waals surface area (Å²) in [5, 5.41) is 17.5. The van der Waals surface area contributed by atoms with Crippen LogP contribution in [0.1, 0.15) is 11.1 Å². The van der Waals surface area contributed by atoms with Crippen LogP contribution >= 0.6 is 0 Å². The van der Waals surface area contributed by atoms with Gasteiger partial charge < -0.3 is 10.1 Å². The summed E-state index contributed by atoms with van der Waals surface area (Å²) in [6.07, 6.45) is 1.19. The van der Waals surface area contributed by atoms with Crippen molar-refractivity contribution in [3.63, 3.8) is 0 Å². The van der Waals surface area contributed by atoms with Crippen molar-refractivity contribution < 1.29 is 5.11 Å². The Kier molecular flexibility index (Phi) is 1.65. The van der Waals surface area contributed by atoms with E-state index in [4.69, 9.17) is 10.4 Å². The molecule has 0 unspecified atom stereocenters. The third-order valence-electron chi connectivity index (χ3n) is 1.42. The fourth-order valence-corrected chi connectivity index (χ4v) is 0.709. The molecule has 0 aliphatic heterocycles. The number of rotatable bonds is 0. The quantitative estimate of drug-likeness (QED) is 0.556. The lowest BCUT2D eigenvalue weighted by Crippen LogP contribution is -2.08. The molecule has 2 N–H and O–H groups in total. The maximum absolute atomic E-state index is 10.8. The van der Waals surface area contributed by atoms with Crippen LogP contribution in [0, 0.1) is 18.3 Å². The van der Waals surface area contributed by atoms with Crippen LogP contribution in [-0.2, 0) is 0 Å². The number of hydrogen-bond acceptors (Lipinski definition) is 3. The van der Waals surface area contributed by atoms with Crippen LogP contribution in [0.2, 0.25) is 0 Å². The first-order valence-corrected chi connectivity index (χ1v) is 2.98. The fourth-order valence-electron chi connectivity index (χ4n) is 0.709. The van der Waals surface area contributed by atoms with E-state index in [1.54, 1.807) is 6.07 Å². The van der Waals surface area contributed by atoms with E-state index in [0.29, 0.717) is 0 Å². The summed E-state index contributed by atoms with van der Waals surface area (Å²) in [6.45, 7) is 1.45. The van der Waals surface area contributed by atoms with Gasteiger partial charge in [-0.25, -0.2) is 0 Å². The van der Waals surface area contributed by atoms with E-state index >= 15 is 0 Å². The van der Waals surface area contributed by atoms with Gasteiger partial charge in [0.2, 0.25) is 0 Å². The summed E-state index contributed by atoms with van der Waals surface area (Å²) in [6, 6.07) is 1.74. The number of aromatic amines is 1. The minimum absolute atomic E-state index is 0.0853. The molecule has 1 rings (SSSR count). The molecule has 4 heteroatoms. The Labute approximate surface area is 62.7 Å². The van der Waals surface area contributed by atoms with Crippen molar-refractivity contribution in [2.45, 2.75) is 6.92 Å². The molecule has 56 valence electrons. The Morgan fingerprint density at radius 1 is 1.73 bits per heavy atom. The highest BCUT2D eigenvalue weighted by atomic mass is 16.3. The van der Waals surface area contributed by atoms with Crippen molar-refractivity contribution in [3.05, 3.63) is 27.7 Å². The Morgan fingerprint density at radius 2 is 2.36 bits per heavy atom. The van der Waals surface area contributed by atoms with Crippen LogP contribution in [0.5, 0.6) is 5.75 Å². The van der Waals surface area contributed by atoms with Gasteiger partial charge in [-0.15, -0.1) is 0 Å². The molecule has 0 bridgehead atoms. The third kappa shape index (κ3) is 1.08. The van der Waals surface area contributed by atoms with Crippen LogP contribution in [-0.4, -0.2) is 10.1 Å². The molecule has 4 nitrogen and oxygen atoms in total. The molecule has 0 amide bonds. The Morgan fingerprint density at radius 3 is 2.91 bits per heavy atom. The molecule has 0 aliphatic carbocycles. The zero-order valence-electron chi connectivity index (χ0n) is 5.88. The van der Waals surface area contributed by atoms with Crippen molar-refractivity contribution in [3.8, 4) is 11.8 Å². The summed E-state index contributed by atoms with van der Waals surface area (Å²) in [5.41, 5.74) is -0.118. The molecule has 0 spiro atoms. The number of nitrogens with zero attached hydrogens (tertiary/aromatic N) is 1. The predicted octanol–water partition coefficient (Wildman–Crippen LogP) is 0.261. The lowest BCUT2D eigenvalue weighted by molar-refractivity contribution is 0.467. The standard InChI is InChI=1S/C7H6N2O2/c1-4-6(10)5(2-8)3-9-7(4)11/h3H,1H3,(H2,9,10,11). The molecule has 0 radical (unpaired) electrons. The summed E-state index contributed by atoms with van der Waals surface area (Å²) in [7, 11) is 0. The highest BCUT2D eigenvalue weighted by Gasteiger charge is 2.05. The van der Waals surface area contributed by atoms with Crippen LogP contribution in [0.15, 0.2) is 11.0 Å². The zero-order chi connectivity index (χ0) is 8.43. The number of H-pyrrole nitrogens is 1. The number of aromatic hydroxyl groups is 1. The monoisotopic (exact) mass is 150 g/mol. The molecular weight excluding hydrogens is 144 g/mol. The average molecular weight is 150 g/mol. The second kappa shape index (κ2) is 2.46. The van der Waals surface area contributed by atoms with Crippen LogP contribution < -0.4 is 5.56 Å². The normalized spacial score (nSPS) is 9.09. The lowest BCUT2D eigenvalue weighted by atomic mass is 10.2. The Bertz CT molecular complexity index is 373. The topological polar surface area (TPSA) is 76.9 Å². The molecular formula is C7H6N2O2. The summed E-state index contributed by atoms with van der Waals surface area (Å²) < 4.78 is 0. The Hall–Kier alpha value is -1.76. The van der Waals surface area contributed by atoms with Gasteiger partial charge in [0.25, 0.3) is 5.56 Å². The van der Waals surface area contributed by atoms with Gasteiger partial charge in [0, 0.05) is 6.20 Å². The third-order valence-corrected chi connectivity index (χ3v) is 1.42. The van der Waals surface area contributed by atoms with Gasteiger partial charge >= 0.3 is 0 Å². The molecule has 11 heavy (non-hydrogen) atoms. The molecule has 0 atom stereocenters. The number of hydrogen-bond donors (Lipinski definition) is 2. The van der Waals surface area contributed by atoms with E-state index in [9.17, 15) is 4.79 Å². The second-order valence-corrected chi connectivity index (χ2v) is 2.12. The van der Waals surface area contributed by atoms with Crippen LogP contribution in [0.4, 0.5) is 0 Å². The van der Waals surface area contributed by atoms with Gasteiger partial charge in [0.15, 0.2) is 0 Å². The van der Waals surface area contributed by atoms with E-state index < -0.39 is 0 Å². The summed E-state index contributed by atoms with van der Waals surface area (Å²) in [5.74, 6) is -0.240. The minimum Gasteiger partial charge on any atom is -0.506 e. The molecule has 0 fully saturated rings. The van der Waals surface area contributed by atoms with E-state index in [1.165, 1.54) is 13.1 Å². The van der Waals surface area contributed by atoms with Gasteiger partial charge in [-0.1, -0.05) is 0 Å². The van der Waals surface area contributed by atoms with Crippen molar-refractivity contribution >= 4 is 0 Å². The van der Waals surface area contributed by atoms with E-state index in [1.807, 2.05) is 0 Å². The number of aromatic nitrogens is 1. The zero-order valence-corrected chi connectivity index (χ0v) is 5.88. The summed E-state index contributed by atoms with van der Waals surface area (Å²) in [4.78, 5) is 13.1. The van der Waals surface area contributed by atoms with Gasteiger partial charge in [0.05, 0.1) is 5.56 Å². The molecule has 0 saturated heterocycles. The summed E-state index contributed by atoms with van der Waals surface area (Å²) >= 11 is 0. The molecule has 1 aromatic heterocycles. The van der Waals surface area contributed by atoms with Crippen LogP contribution in [0.25, 0.3) is 0 Å². The second-order valence-electron chi connectivity index (χ2n) is 2.12. The lowest BCUT2D eigenvalue weighted by Gasteiger charge is -1.96. The fraction of sp³-hybridized carbons (Fsp3) is 0.143. The highest BCUT2D eigenvalue weighted by Crippen LogP contribution is 2.15. The van der Waals surface area contributed by atoms with Crippen molar-refractivity contribution in [2.75, 3.05) is 0 Å². The molecule has 0 aromatic carbocycles. The van der Waals surface area contributed by atoms with Gasteiger partial charge in [-0.3, -0.25) is 4.79 Å². The van der Waals surface area contributed by atoms with Gasteiger partial charge in [0.1, 0.15) is 17.4 Å². The minimum atomic E-state index is -0.374. The van der Waals surface area contributed by atoms with Gasteiger partial charge in [-0.05, 0) is 6.92 Å². The number of nitriles is 1. The SMILES string of the molecule is Cc1c(O)c(C#N)c[nH]c1=O. The van der Waals surface area contributed by atoms with Gasteiger partial charge in [-0.2, -0.15) is 5.26 Å². The smallest absolute Gasteiger partial charge is 0.254 e. The van der Waals surface area contributed by atoms with Crippen LogP contribution in [0.3, 0.4) is 0 Å². The van der Waals surface area contributed by atoms with E-state index in [2.05, 4.69) is 4.98 Å². The molecule has 1 heterocycles. The largest absolute Gasteiger partial charge is 0.506 e. The van der Waals surface area contributed by atoms with Crippen molar-refractivity contribution in [1.82, 2.24) is 4.98 Å². The number of pyridine rings is 1. The van der Waals surface area contributed by atoms with Crippen molar-refractivity contribution in [2.24, 2.45) is 0 Å². The predicted molar refractivity (Wildman–Crippen MR) is 38.2 cm³/mol. The van der Waals surface area contributed by atoms with E-state index in [0.717, 1.165) is 0 Å². The number of nitrogens with one attached hydrogen (secondary N) is 1. The first-order chi connectivity index (χ1) is 5.16. The molecule has 0 saturated carbocycles. The first kappa shape index (κ1) is 7.35. The Balaban J connectivity index is 3.52. The first-order valence-electron chi connectivity index (χ1n) is 2.98. The maximum atomic E-state index is 10.8.